The first-order valence-electron chi connectivity index (χ1n) is 8.94. The highest BCUT2D eigenvalue weighted by Gasteiger charge is 2.28. The van der Waals surface area contributed by atoms with E-state index >= 15 is 0 Å². The Hall–Kier alpha value is -0.890. The number of ether oxygens (including phenoxy) is 2. The maximum atomic E-state index is 5.44. The molecule has 0 aromatic heterocycles. The van der Waals surface area contributed by atoms with Crippen LogP contribution >= 0.6 is 0 Å². The number of likely N-dealkylation sites (N-methyl/N-ethyl adjacent to an activating group) is 1. The van der Waals surface area contributed by atoms with Gasteiger partial charge in [-0.1, -0.05) is 0 Å². The Morgan fingerprint density at radius 1 is 1.25 bits per heavy atom. The molecule has 0 aromatic rings. The lowest BCUT2D eigenvalue weighted by molar-refractivity contribution is -0.00834. The Balaban J connectivity index is 2.24. The number of nitrogens with zero attached hydrogens (tertiary/aromatic N) is 3. The van der Waals surface area contributed by atoms with Crippen LogP contribution in [-0.4, -0.2) is 102 Å². The third-order valence-corrected chi connectivity index (χ3v) is 4.45. The van der Waals surface area contributed by atoms with E-state index < -0.39 is 0 Å². The highest BCUT2D eigenvalue weighted by Crippen LogP contribution is 2.14. The number of nitrogens with one attached hydrogen (secondary N) is 2. The molecule has 0 amide bonds. The molecule has 7 heteroatoms. The maximum absolute atomic E-state index is 5.44. The van der Waals surface area contributed by atoms with Crippen molar-refractivity contribution in [2.75, 3.05) is 80.3 Å². The number of morpholine rings is 1. The summed E-state index contributed by atoms with van der Waals surface area (Å²) in [6.07, 6.45) is 1.06. The largest absolute Gasteiger partial charge is 0.385 e. The number of hydrogen-bond donors (Lipinski definition) is 2. The molecule has 0 saturated carbocycles. The van der Waals surface area contributed by atoms with Crippen molar-refractivity contribution in [3.8, 4) is 0 Å². The minimum absolute atomic E-state index is 0.0817. The Kier molecular flexibility index (Phi) is 10.2. The van der Waals surface area contributed by atoms with Gasteiger partial charge in [-0.3, -0.25) is 9.89 Å². The van der Waals surface area contributed by atoms with E-state index in [-0.39, 0.29) is 5.54 Å². The molecule has 0 aliphatic carbocycles. The van der Waals surface area contributed by atoms with Crippen molar-refractivity contribution in [1.82, 2.24) is 20.4 Å². The zero-order valence-electron chi connectivity index (χ0n) is 16.2. The average molecular weight is 344 g/mol. The van der Waals surface area contributed by atoms with Gasteiger partial charge in [0, 0.05) is 65.6 Å². The van der Waals surface area contributed by atoms with Crippen molar-refractivity contribution < 1.29 is 9.47 Å². The molecule has 7 nitrogen and oxygen atoms in total. The molecule has 0 radical (unpaired) electrons. The highest BCUT2D eigenvalue weighted by atomic mass is 16.5. The van der Waals surface area contributed by atoms with E-state index in [1.165, 1.54) is 0 Å². The zero-order valence-corrected chi connectivity index (χ0v) is 16.2. The minimum atomic E-state index is 0.0817. The normalized spacial score (nSPS) is 17.3. The summed E-state index contributed by atoms with van der Waals surface area (Å²) in [5.74, 6) is 0.863. The molecule has 0 unspecified atom stereocenters. The van der Waals surface area contributed by atoms with Gasteiger partial charge >= 0.3 is 0 Å². The second-order valence-electron chi connectivity index (χ2n) is 6.91. The van der Waals surface area contributed by atoms with Gasteiger partial charge in [0.15, 0.2) is 5.96 Å². The SMILES string of the molecule is CN=C(NCCN(C)CCCOC)NCC(C)(C)N1CCOCC1. The van der Waals surface area contributed by atoms with Gasteiger partial charge in [0.2, 0.25) is 0 Å². The Morgan fingerprint density at radius 2 is 1.96 bits per heavy atom. The monoisotopic (exact) mass is 343 g/mol. The Bertz CT molecular complexity index is 357. The van der Waals surface area contributed by atoms with Crippen molar-refractivity contribution >= 4 is 5.96 Å². The van der Waals surface area contributed by atoms with Crippen molar-refractivity contribution in [1.29, 1.82) is 0 Å². The summed E-state index contributed by atoms with van der Waals surface area (Å²) in [7, 11) is 5.70. The predicted octanol–water partition coefficient (Wildman–Crippen LogP) is 0.231. The number of methoxy groups -OCH3 is 1. The molecule has 0 spiro atoms. The van der Waals surface area contributed by atoms with Crippen LogP contribution in [0.4, 0.5) is 0 Å². The van der Waals surface area contributed by atoms with Gasteiger partial charge in [-0.25, -0.2) is 0 Å². The zero-order chi connectivity index (χ0) is 17.8. The topological polar surface area (TPSA) is 61.4 Å². The quantitative estimate of drug-likeness (QED) is 0.336. The predicted molar refractivity (Wildman–Crippen MR) is 99.8 cm³/mol. The molecular formula is C17H37N5O2. The molecule has 2 N–H and O–H groups in total. The molecule has 0 aromatic carbocycles. The molecule has 1 aliphatic heterocycles. The van der Waals surface area contributed by atoms with Gasteiger partial charge in [-0.05, 0) is 27.3 Å². The molecule has 1 fully saturated rings. The van der Waals surface area contributed by atoms with E-state index in [9.17, 15) is 0 Å². The molecule has 1 saturated heterocycles. The van der Waals surface area contributed by atoms with E-state index in [4.69, 9.17) is 9.47 Å². The summed E-state index contributed by atoms with van der Waals surface area (Å²) in [6, 6.07) is 0. The lowest BCUT2D eigenvalue weighted by Gasteiger charge is -2.41. The highest BCUT2D eigenvalue weighted by molar-refractivity contribution is 5.79. The summed E-state index contributed by atoms with van der Waals surface area (Å²) in [5, 5.41) is 6.84. The van der Waals surface area contributed by atoms with E-state index in [0.29, 0.717) is 0 Å². The Labute approximate surface area is 147 Å². The molecule has 142 valence electrons. The van der Waals surface area contributed by atoms with Crippen LogP contribution in [0.5, 0.6) is 0 Å². The van der Waals surface area contributed by atoms with Gasteiger partial charge in [0.1, 0.15) is 0 Å². The van der Waals surface area contributed by atoms with Crippen molar-refractivity contribution in [2.45, 2.75) is 25.8 Å². The van der Waals surface area contributed by atoms with Crippen molar-refractivity contribution in [3.63, 3.8) is 0 Å². The first-order chi connectivity index (χ1) is 11.5. The molecular weight excluding hydrogens is 306 g/mol. The number of guanidine groups is 1. The van der Waals surface area contributed by atoms with Crippen LogP contribution in [0.2, 0.25) is 0 Å². The van der Waals surface area contributed by atoms with E-state index in [1.807, 2.05) is 7.05 Å². The fraction of sp³-hybridized carbons (Fsp3) is 0.941. The number of aliphatic imine (C=N–C) groups is 1. The van der Waals surface area contributed by atoms with Gasteiger partial charge < -0.3 is 25.0 Å². The van der Waals surface area contributed by atoms with Crippen LogP contribution in [0.25, 0.3) is 0 Å². The summed E-state index contributed by atoms with van der Waals surface area (Å²) >= 11 is 0. The summed E-state index contributed by atoms with van der Waals surface area (Å²) in [5.41, 5.74) is 0.0817. The average Bonchev–Trinajstić information content (AvgIpc) is 2.59. The smallest absolute Gasteiger partial charge is 0.191 e. The van der Waals surface area contributed by atoms with Crippen molar-refractivity contribution in [2.24, 2.45) is 4.99 Å². The summed E-state index contributed by atoms with van der Waals surface area (Å²) < 4.78 is 10.5. The first-order valence-corrected chi connectivity index (χ1v) is 8.94. The molecule has 1 rings (SSSR count). The maximum Gasteiger partial charge on any atom is 0.191 e. The van der Waals surface area contributed by atoms with Crippen LogP contribution < -0.4 is 10.6 Å². The molecule has 1 aliphatic rings. The Morgan fingerprint density at radius 3 is 2.58 bits per heavy atom. The van der Waals surface area contributed by atoms with Crippen LogP contribution in [0.3, 0.4) is 0 Å². The van der Waals surface area contributed by atoms with Gasteiger partial charge in [-0.2, -0.15) is 0 Å². The van der Waals surface area contributed by atoms with E-state index in [1.54, 1.807) is 7.11 Å². The van der Waals surface area contributed by atoms with Crippen LogP contribution in [0, 0.1) is 0 Å². The lowest BCUT2D eigenvalue weighted by Crippen LogP contribution is -2.56. The van der Waals surface area contributed by atoms with Gasteiger partial charge in [0.25, 0.3) is 0 Å². The third kappa shape index (κ3) is 8.28. The second kappa shape index (κ2) is 11.6. The van der Waals surface area contributed by atoms with Crippen LogP contribution in [0.15, 0.2) is 4.99 Å². The van der Waals surface area contributed by atoms with E-state index in [0.717, 1.165) is 71.5 Å². The third-order valence-electron chi connectivity index (χ3n) is 4.45. The van der Waals surface area contributed by atoms with Gasteiger partial charge in [0.05, 0.1) is 13.2 Å². The van der Waals surface area contributed by atoms with E-state index in [2.05, 4.69) is 46.3 Å². The fourth-order valence-electron chi connectivity index (χ4n) is 2.76. The number of hydrogen-bond acceptors (Lipinski definition) is 5. The molecule has 1 heterocycles. The summed E-state index contributed by atoms with van der Waals surface area (Å²) in [6.45, 7) is 12.7. The van der Waals surface area contributed by atoms with Crippen LogP contribution in [0.1, 0.15) is 20.3 Å². The lowest BCUT2D eigenvalue weighted by atomic mass is 10.0. The molecule has 0 bridgehead atoms. The minimum Gasteiger partial charge on any atom is -0.385 e. The molecule has 24 heavy (non-hydrogen) atoms. The van der Waals surface area contributed by atoms with Crippen LogP contribution in [-0.2, 0) is 9.47 Å². The number of rotatable bonds is 10. The van der Waals surface area contributed by atoms with Gasteiger partial charge in [-0.15, -0.1) is 0 Å². The summed E-state index contributed by atoms with van der Waals surface area (Å²) in [4.78, 5) is 9.10. The second-order valence-corrected chi connectivity index (χ2v) is 6.91. The standard InChI is InChI=1S/C17H37N5O2/c1-17(2,22-10-13-24-14-11-22)15-20-16(18-3)19-7-9-21(4)8-6-12-23-5/h6-15H2,1-5H3,(H2,18,19,20). The first kappa shape index (κ1) is 21.2. The molecule has 0 atom stereocenters. The van der Waals surface area contributed by atoms with Crippen molar-refractivity contribution in [3.05, 3.63) is 0 Å². The fourth-order valence-corrected chi connectivity index (χ4v) is 2.76.